The van der Waals surface area contributed by atoms with E-state index in [1.54, 1.807) is 22.8 Å². The Morgan fingerprint density at radius 3 is 2.80 bits per heavy atom. The molecule has 0 aliphatic carbocycles. The number of anilines is 3. The van der Waals surface area contributed by atoms with Gasteiger partial charge in [-0.05, 0) is 36.8 Å². The summed E-state index contributed by atoms with van der Waals surface area (Å²) < 4.78 is 22.6. The highest BCUT2D eigenvalue weighted by Gasteiger charge is 2.46. The number of aromatic nitrogens is 6. The second-order valence-electron chi connectivity index (χ2n) is 9.57. The number of benzene rings is 1. The van der Waals surface area contributed by atoms with Crippen molar-refractivity contribution in [2.75, 3.05) is 23.3 Å². The van der Waals surface area contributed by atoms with Gasteiger partial charge in [-0.1, -0.05) is 18.2 Å². The van der Waals surface area contributed by atoms with Crippen LogP contribution in [0, 0.1) is 5.82 Å². The zero-order valence-corrected chi connectivity index (χ0v) is 21.7. The number of piperazine rings is 1. The number of carbonyl (C=O) groups is 1. The maximum Gasteiger partial charge on any atom is 0.246 e. The van der Waals surface area contributed by atoms with E-state index in [1.807, 2.05) is 17.0 Å². The maximum absolute atomic E-state index is 15.2. The fourth-order valence-corrected chi connectivity index (χ4v) is 5.48. The molecule has 200 valence electrons. The molecule has 0 spiro atoms. The van der Waals surface area contributed by atoms with Gasteiger partial charge in [0.25, 0.3) is 0 Å². The Morgan fingerprint density at radius 2 is 1.98 bits per heavy atom. The number of fused-ring (bicyclic) bond motifs is 4. The van der Waals surface area contributed by atoms with Crippen LogP contribution >= 0.6 is 11.6 Å². The molecule has 4 aromatic heterocycles. The van der Waals surface area contributed by atoms with Crippen LogP contribution < -0.4 is 15.0 Å². The molecule has 1 N–H and O–H groups in total. The van der Waals surface area contributed by atoms with Crippen LogP contribution in [0.3, 0.4) is 0 Å². The van der Waals surface area contributed by atoms with Crippen molar-refractivity contribution < 1.29 is 13.9 Å². The zero-order valence-electron chi connectivity index (χ0n) is 20.9. The fraction of sp³-hybridized carbons (Fsp3) is 0.185. The standard InChI is InChI=1S/C27H21ClFN9O2/c1-2-25(39)36-11-15-7-16(12-36)38(15)23-4-3-20-26(35-23)27(32-13-30-20)34-21-9-18(28)22(10-19(21)29)40-17-5-6-37-24(8-17)31-14-33-37/h2-6,8-10,13-16H,1,7,11-12H2,(H,30,32,34). The summed E-state index contributed by atoms with van der Waals surface area (Å²) in [6.45, 7) is 4.82. The molecule has 3 saturated heterocycles. The Hall–Kier alpha value is -4.84. The van der Waals surface area contributed by atoms with Crippen LogP contribution in [0.5, 0.6) is 11.5 Å². The molecule has 0 radical (unpaired) electrons. The van der Waals surface area contributed by atoms with Crippen LogP contribution in [0.1, 0.15) is 6.42 Å². The van der Waals surface area contributed by atoms with Crippen molar-refractivity contribution in [2.24, 2.45) is 0 Å². The van der Waals surface area contributed by atoms with Crippen molar-refractivity contribution in [1.82, 2.24) is 34.4 Å². The molecule has 8 rings (SSSR count). The molecule has 2 bridgehead atoms. The molecular weight excluding hydrogens is 537 g/mol. The predicted octanol–water partition coefficient (Wildman–Crippen LogP) is 4.37. The topological polar surface area (TPSA) is 114 Å². The number of nitrogens with zero attached hydrogens (tertiary/aromatic N) is 8. The summed E-state index contributed by atoms with van der Waals surface area (Å²) in [6.07, 6.45) is 6.84. The Morgan fingerprint density at radius 1 is 1.12 bits per heavy atom. The third-order valence-electron chi connectivity index (χ3n) is 7.17. The van der Waals surface area contributed by atoms with Gasteiger partial charge in [-0.25, -0.2) is 28.8 Å². The second-order valence-corrected chi connectivity index (χ2v) is 9.98. The zero-order chi connectivity index (χ0) is 27.4. The van der Waals surface area contributed by atoms with Gasteiger partial charge in [-0.3, -0.25) is 4.79 Å². The highest BCUT2D eigenvalue weighted by Crippen LogP contribution is 2.38. The molecule has 2 unspecified atom stereocenters. The van der Waals surface area contributed by atoms with Gasteiger partial charge in [-0.2, -0.15) is 5.10 Å². The lowest BCUT2D eigenvalue weighted by Crippen LogP contribution is -2.69. The van der Waals surface area contributed by atoms with E-state index in [4.69, 9.17) is 21.3 Å². The third kappa shape index (κ3) is 4.13. The number of amides is 1. The molecule has 2 atom stereocenters. The maximum atomic E-state index is 15.2. The van der Waals surface area contributed by atoms with Crippen LogP contribution in [0.2, 0.25) is 5.02 Å². The van der Waals surface area contributed by atoms with E-state index in [-0.39, 0.29) is 34.5 Å². The number of piperidine rings is 1. The minimum Gasteiger partial charge on any atom is -0.455 e. The van der Waals surface area contributed by atoms with E-state index in [0.717, 1.165) is 12.2 Å². The van der Waals surface area contributed by atoms with E-state index < -0.39 is 5.82 Å². The Bertz CT molecular complexity index is 1800. The number of hydrogen-bond acceptors (Lipinski definition) is 9. The minimum atomic E-state index is -0.588. The monoisotopic (exact) mass is 557 g/mol. The lowest BCUT2D eigenvalue weighted by atomic mass is 9.87. The Kier molecular flexibility index (Phi) is 5.70. The Labute approximate surface area is 231 Å². The van der Waals surface area contributed by atoms with Crippen molar-refractivity contribution in [2.45, 2.75) is 18.5 Å². The first-order valence-corrected chi connectivity index (χ1v) is 12.9. The molecule has 11 nitrogen and oxygen atoms in total. The van der Waals surface area contributed by atoms with Crippen LogP contribution in [0.15, 0.2) is 67.9 Å². The molecule has 1 aromatic carbocycles. The number of pyridine rings is 2. The van der Waals surface area contributed by atoms with E-state index in [0.29, 0.717) is 41.3 Å². The first-order chi connectivity index (χ1) is 19.5. The fourth-order valence-electron chi connectivity index (χ4n) is 5.28. The number of hydrogen-bond donors (Lipinski definition) is 1. The summed E-state index contributed by atoms with van der Waals surface area (Å²) in [4.78, 5) is 33.7. The average molecular weight is 558 g/mol. The molecule has 13 heteroatoms. The van der Waals surface area contributed by atoms with Gasteiger partial charge in [0.15, 0.2) is 11.5 Å². The van der Waals surface area contributed by atoms with E-state index in [2.05, 4.69) is 36.8 Å². The molecule has 0 saturated carbocycles. The van der Waals surface area contributed by atoms with Crippen LogP contribution in [-0.4, -0.2) is 65.5 Å². The number of rotatable bonds is 6. The van der Waals surface area contributed by atoms with E-state index in [1.165, 1.54) is 30.9 Å². The lowest BCUT2D eigenvalue weighted by molar-refractivity contribution is -0.129. The largest absolute Gasteiger partial charge is 0.455 e. The smallest absolute Gasteiger partial charge is 0.246 e. The molecule has 3 fully saturated rings. The predicted molar refractivity (Wildman–Crippen MR) is 147 cm³/mol. The highest BCUT2D eigenvalue weighted by atomic mass is 35.5. The van der Waals surface area contributed by atoms with E-state index in [9.17, 15) is 4.79 Å². The summed E-state index contributed by atoms with van der Waals surface area (Å²) in [6, 6.07) is 10.1. The van der Waals surface area contributed by atoms with Gasteiger partial charge >= 0.3 is 0 Å². The van der Waals surface area contributed by atoms with Crippen molar-refractivity contribution >= 4 is 51.5 Å². The van der Waals surface area contributed by atoms with Gasteiger partial charge < -0.3 is 19.9 Å². The highest BCUT2D eigenvalue weighted by molar-refractivity contribution is 6.32. The molecule has 3 aliphatic rings. The van der Waals surface area contributed by atoms with Gasteiger partial charge in [0.2, 0.25) is 5.91 Å². The third-order valence-corrected chi connectivity index (χ3v) is 7.46. The quantitative estimate of drug-likeness (QED) is 0.304. The number of ether oxygens (including phenoxy) is 1. The van der Waals surface area contributed by atoms with Crippen LogP contribution in [0.4, 0.5) is 21.7 Å². The lowest BCUT2D eigenvalue weighted by Gasteiger charge is -2.56. The average Bonchev–Trinajstić information content (AvgIpc) is 3.43. The van der Waals surface area contributed by atoms with Gasteiger partial charge in [0.1, 0.15) is 41.3 Å². The van der Waals surface area contributed by atoms with Gasteiger partial charge in [-0.15, -0.1) is 0 Å². The van der Waals surface area contributed by atoms with Crippen LogP contribution in [-0.2, 0) is 4.79 Å². The van der Waals surface area contributed by atoms with Gasteiger partial charge in [0.05, 0.1) is 28.3 Å². The van der Waals surface area contributed by atoms with Crippen molar-refractivity contribution in [3.05, 3.63) is 78.7 Å². The summed E-state index contributed by atoms with van der Waals surface area (Å²) in [5, 5.41) is 7.26. The molecule has 3 aliphatic heterocycles. The summed E-state index contributed by atoms with van der Waals surface area (Å²) in [5.74, 6) is 1.03. The normalized spacial score (nSPS) is 18.1. The first kappa shape index (κ1) is 24.2. The molecule has 40 heavy (non-hydrogen) atoms. The van der Waals surface area contributed by atoms with Crippen molar-refractivity contribution in [1.29, 1.82) is 0 Å². The second kappa shape index (κ2) is 9.42. The number of carbonyl (C=O) groups excluding carboxylic acids is 1. The summed E-state index contributed by atoms with van der Waals surface area (Å²) in [5.41, 5.74) is 1.78. The minimum absolute atomic E-state index is 0.0609. The van der Waals surface area contributed by atoms with Crippen LogP contribution in [0.25, 0.3) is 16.7 Å². The number of nitrogens with one attached hydrogen (secondary N) is 1. The summed E-state index contributed by atoms with van der Waals surface area (Å²) in [7, 11) is 0. The first-order valence-electron chi connectivity index (χ1n) is 12.5. The molecular formula is C27H21ClFN9O2. The van der Waals surface area contributed by atoms with Crippen molar-refractivity contribution in [3.63, 3.8) is 0 Å². The molecule has 1 amide bonds. The SMILES string of the molecule is C=CC(=O)N1CC2CC(C1)N2c1ccc2ncnc(Nc3cc(Cl)c(Oc4ccn5ncnc5c4)cc3F)c2n1. The Balaban J connectivity index is 1.15. The molecule has 5 aromatic rings. The van der Waals surface area contributed by atoms with E-state index >= 15 is 4.39 Å². The molecule has 7 heterocycles. The summed E-state index contributed by atoms with van der Waals surface area (Å²) >= 11 is 6.47. The van der Waals surface area contributed by atoms with Crippen molar-refractivity contribution in [3.8, 4) is 11.5 Å². The number of halogens is 2. The van der Waals surface area contributed by atoms with Gasteiger partial charge in [0, 0.05) is 31.4 Å².